The van der Waals surface area contributed by atoms with E-state index in [1.165, 1.54) is 0 Å². The number of tetrazole rings is 1. The standard InChI is InChI=1S/C13H17N5O2S/c1-10-2-3-12(8-13(10)18-9-14-16-17-18)15-11-4-6-21(19,20)7-5-11/h2-3,8-9,11,15H,4-7H2,1H3. The zero-order chi connectivity index (χ0) is 14.9. The molecule has 0 radical (unpaired) electrons. The number of anilines is 1. The number of hydrogen-bond acceptors (Lipinski definition) is 6. The number of sulfone groups is 1. The fourth-order valence-electron chi connectivity index (χ4n) is 2.49. The highest BCUT2D eigenvalue weighted by molar-refractivity contribution is 7.91. The van der Waals surface area contributed by atoms with Crippen molar-refractivity contribution < 1.29 is 8.42 Å². The summed E-state index contributed by atoms with van der Waals surface area (Å²) >= 11 is 0. The summed E-state index contributed by atoms with van der Waals surface area (Å²) < 4.78 is 24.5. The summed E-state index contributed by atoms with van der Waals surface area (Å²) in [5.74, 6) is 0.521. The van der Waals surface area contributed by atoms with E-state index >= 15 is 0 Å². The van der Waals surface area contributed by atoms with Gasteiger partial charge in [0, 0.05) is 11.7 Å². The van der Waals surface area contributed by atoms with Gasteiger partial charge in [0.25, 0.3) is 0 Å². The topological polar surface area (TPSA) is 89.8 Å². The monoisotopic (exact) mass is 307 g/mol. The molecule has 21 heavy (non-hydrogen) atoms. The molecule has 0 saturated carbocycles. The molecule has 112 valence electrons. The number of benzene rings is 1. The molecule has 1 aromatic heterocycles. The SMILES string of the molecule is Cc1ccc(NC2CCS(=O)(=O)CC2)cc1-n1cnnn1. The molecule has 1 fully saturated rings. The summed E-state index contributed by atoms with van der Waals surface area (Å²) in [5.41, 5.74) is 2.93. The summed E-state index contributed by atoms with van der Waals surface area (Å²) in [6, 6.07) is 6.16. The highest BCUT2D eigenvalue weighted by atomic mass is 32.2. The van der Waals surface area contributed by atoms with Gasteiger partial charge in [-0.25, -0.2) is 13.1 Å². The van der Waals surface area contributed by atoms with Crippen molar-refractivity contribution >= 4 is 15.5 Å². The second kappa shape index (κ2) is 5.44. The van der Waals surface area contributed by atoms with Crippen molar-refractivity contribution in [2.75, 3.05) is 16.8 Å². The molecule has 0 amide bonds. The Kier molecular flexibility index (Phi) is 3.62. The van der Waals surface area contributed by atoms with Crippen LogP contribution >= 0.6 is 0 Å². The predicted molar refractivity (Wildman–Crippen MR) is 79.2 cm³/mol. The molecular weight excluding hydrogens is 290 g/mol. The van der Waals surface area contributed by atoms with E-state index in [9.17, 15) is 8.42 Å². The van der Waals surface area contributed by atoms with Crippen molar-refractivity contribution in [3.8, 4) is 5.69 Å². The molecule has 1 saturated heterocycles. The Hall–Kier alpha value is -1.96. The average molecular weight is 307 g/mol. The van der Waals surface area contributed by atoms with Crippen LogP contribution in [-0.4, -0.2) is 46.2 Å². The second-order valence-corrected chi connectivity index (χ2v) is 7.63. The predicted octanol–water partition coefficient (Wildman–Crippen LogP) is 0.960. The van der Waals surface area contributed by atoms with Gasteiger partial charge in [-0.1, -0.05) is 6.07 Å². The van der Waals surface area contributed by atoms with Crippen molar-refractivity contribution in [3.63, 3.8) is 0 Å². The number of rotatable bonds is 3. The van der Waals surface area contributed by atoms with E-state index < -0.39 is 9.84 Å². The number of nitrogens with one attached hydrogen (secondary N) is 1. The van der Waals surface area contributed by atoms with Gasteiger partial charge in [0.2, 0.25) is 0 Å². The van der Waals surface area contributed by atoms with Gasteiger partial charge in [0.15, 0.2) is 0 Å². The van der Waals surface area contributed by atoms with Crippen LogP contribution in [0.5, 0.6) is 0 Å². The molecule has 1 aliphatic heterocycles. The molecule has 2 aromatic rings. The first-order valence-electron chi connectivity index (χ1n) is 6.84. The van der Waals surface area contributed by atoms with Crippen molar-refractivity contribution in [1.29, 1.82) is 0 Å². The van der Waals surface area contributed by atoms with Crippen LogP contribution in [0.3, 0.4) is 0 Å². The molecule has 1 aromatic carbocycles. The van der Waals surface area contributed by atoms with E-state index in [0.717, 1.165) is 16.9 Å². The van der Waals surface area contributed by atoms with Crippen LogP contribution in [-0.2, 0) is 9.84 Å². The fourth-order valence-corrected chi connectivity index (χ4v) is 3.98. The maximum Gasteiger partial charge on any atom is 0.150 e. The van der Waals surface area contributed by atoms with Crippen molar-refractivity contribution in [2.24, 2.45) is 0 Å². The van der Waals surface area contributed by atoms with Gasteiger partial charge in [-0.15, -0.1) is 5.10 Å². The van der Waals surface area contributed by atoms with Crippen LogP contribution in [0.15, 0.2) is 24.5 Å². The largest absolute Gasteiger partial charge is 0.382 e. The van der Waals surface area contributed by atoms with Crippen molar-refractivity contribution in [1.82, 2.24) is 20.2 Å². The first-order chi connectivity index (χ1) is 10.0. The fraction of sp³-hybridized carbons (Fsp3) is 0.462. The Bertz CT molecular complexity index is 713. The van der Waals surface area contributed by atoms with Gasteiger partial charge >= 0.3 is 0 Å². The second-order valence-electron chi connectivity index (χ2n) is 5.33. The summed E-state index contributed by atoms with van der Waals surface area (Å²) in [7, 11) is -2.83. The normalized spacial score (nSPS) is 18.5. The molecular formula is C13H17N5O2S. The summed E-state index contributed by atoms with van der Waals surface area (Å²) in [5, 5.41) is 14.6. The van der Waals surface area contributed by atoms with E-state index in [2.05, 4.69) is 20.8 Å². The number of aryl methyl sites for hydroxylation is 1. The minimum Gasteiger partial charge on any atom is -0.382 e. The van der Waals surface area contributed by atoms with E-state index in [1.807, 2.05) is 25.1 Å². The maximum absolute atomic E-state index is 11.4. The van der Waals surface area contributed by atoms with Crippen LogP contribution in [0.4, 0.5) is 5.69 Å². The molecule has 2 heterocycles. The Morgan fingerprint density at radius 3 is 2.71 bits per heavy atom. The Balaban J connectivity index is 1.76. The van der Waals surface area contributed by atoms with Crippen molar-refractivity contribution in [2.45, 2.75) is 25.8 Å². The first kappa shape index (κ1) is 14.0. The van der Waals surface area contributed by atoms with Crippen molar-refractivity contribution in [3.05, 3.63) is 30.1 Å². The van der Waals surface area contributed by atoms with Gasteiger partial charge in [-0.3, -0.25) is 0 Å². The maximum atomic E-state index is 11.4. The van der Waals surface area contributed by atoms with E-state index in [0.29, 0.717) is 12.8 Å². The molecule has 7 nitrogen and oxygen atoms in total. The lowest BCUT2D eigenvalue weighted by Crippen LogP contribution is -2.32. The Labute approximate surface area is 123 Å². The van der Waals surface area contributed by atoms with Gasteiger partial charge in [0.1, 0.15) is 16.2 Å². The average Bonchev–Trinajstić information content (AvgIpc) is 2.97. The molecule has 0 aliphatic carbocycles. The lowest BCUT2D eigenvalue weighted by atomic mass is 10.1. The van der Waals surface area contributed by atoms with E-state index in [4.69, 9.17) is 0 Å². The third kappa shape index (κ3) is 3.21. The zero-order valence-electron chi connectivity index (χ0n) is 11.7. The van der Waals surface area contributed by atoms with Crippen LogP contribution in [0.2, 0.25) is 0 Å². The van der Waals surface area contributed by atoms with Crippen LogP contribution in [0.1, 0.15) is 18.4 Å². The van der Waals surface area contributed by atoms with Gasteiger partial charge < -0.3 is 5.32 Å². The molecule has 8 heteroatoms. The van der Waals surface area contributed by atoms with Crippen LogP contribution in [0, 0.1) is 6.92 Å². The molecule has 0 unspecified atom stereocenters. The lowest BCUT2D eigenvalue weighted by Gasteiger charge is -2.24. The molecule has 0 atom stereocenters. The lowest BCUT2D eigenvalue weighted by molar-refractivity contribution is 0.559. The summed E-state index contributed by atoms with van der Waals surface area (Å²) in [6.07, 6.45) is 2.85. The summed E-state index contributed by atoms with van der Waals surface area (Å²) in [4.78, 5) is 0. The highest BCUT2D eigenvalue weighted by Crippen LogP contribution is 2.22. The quantitative estimate of drug-likeness (QED) is 0.908. The number of hydrogen-bond donors (Lipinski definition) is 1. The third-order valence-electron chi connectivity index (χ3n) is 3.73. The highest BCUT2D eigenvalue weighted by Gasteiger charge is 2.23. The zero-order valence-corrected chi connectivity index (χ0v) is 12.5. The molecule has 0 spiro atoms. The van der Waals surface area contributed by atoms with Crippen LogP contribution in [0.25, 0.3) is 5.69 Å². The van der Waals surface area contributed by atoms with Gasteiger partial charge in [-0.05, 0) is 47.9 Å². The Morgan fingerprint density at radius 1 is 1.29 bits per heavy atom. The van der Waals surface area contributed by atoms with Gasteiger partial charge in [-0.2, -0.15) is 0 Å². The minimum atomic E-state index is -2.83. The summed E-state index contributed by atoms with van der Waals surface area (Å²) in [6.45, 7) is 1.99. The number of nitrogens with zero attached hydrogens (tertiary/aromatic N) is 4. The first-order valence-corrected chi connectivity index (χ1v) is 8.67. The third-order valence-corrected chi connectivity index (χ3v) is 5.45. The number of aromatic nitrogens is 4. The molecule has 1 N–H and O–H groups in total. The van der Waals surface area contributed by atoms with E-state index in [1.54, 1.807) is 11.0 Å². The smallest absolute Gasteiger partial charge is 0.150 e. The molecule has 3 rings (SSSR count). The molecule has 1 aliphatic rings. The Morgan fingerprint density at radius 2 is 2.05 bits per heavy atom. The van der Waals surface area contributed by atoms with E-state index in [-0.39, 0.29) is 17.5 Å². The minimum absolute atomic E-state index is 0.193. The molecule has 0 bridgehead atoms. The van der Waals surface area contributed by atoms with Gasteiger partial charge in [0.05, 0.1) is 17.2 Å². The van der Waals surface area contributed by atoms with Crippen LogP contribution < -0.4 is 5.32 Å².